The van der Waals surface area contributed by atoms with Crippen LogP contribution in [0.2, 0.25) is 0 Å². The van der Waals surface area contributed by atoms with Crippen LogP contribution < -0.4 is 10.5 Å². The van der Waals surface area contributed by atoms with Gasteiger partial charge in [0.15, 0.2) is 0 Å². The van der Waals surface area contributed by atoms with Gasteiger partial charge in [0.05, 0.1) is 11.3 Å². The highest BCUT2D eigenvalue weighted by Gasteiger charge is 2.39. The van der Waals surface area contributed by atoms with Crippen molar-refractivity contribution in [2.24, 2.45) is 4.40 Å². The molecule has 0 bridgehead atoms. The number of sulfonamides is 2. The van der Waals surface area contributed by atoms with Crippen molar-refractivity contribution in [3.63, 3.8) is 0 Å². The van der Waals surface area contributed by atoms with Crippen molar-refractivity contribution < 1.29 is 30.0 Å². The summed E-state index contributed by atoms with van der Waals surface area (Å²) < 4.78 is 95.9. The predicted octanol–water partition coefficient (Wildman–Crippen LogP) is 3.60. The molecule has 0 aromatic heterocycles. The van der Waals surface area contributed by atoms with Crippen LogP contribution >= 0.6 is 0 Å². The summed E-state index contributed by atoms with van der Waals surface area (Å²) in [5.74, 6) is 0. The van der Waals surface area contributed by atoms with E-state index in [-0.39, 0.29) is 6.54 Å². The maximum atomic E-state index is 13.4. The van der Waals surface area contributed by atoms with E-state index in [0.717, 1.165) is 44.9 Å². The third-order valence-corrected chi connectivity index (χ3v) is 7.26. The Kier molecular flexibility index (Phi) is 10.4. The van der Waals surface area contributed by atoms with E-state index in [1.165, 1.54) is 19.0 Å². The Morgan fingerprint density at radius 1 is 1.00 bits per heavy atom. The molecule has 0 aliphatic rings. The summed E-state index contributed by atoms with van der Waals surface area (Å²) in [6.45, 7) is 2.16. The quantitative estimate of drug-likeness (QED) is 0.185. The number of nitrogens with zero attached hydrogens (tertiary/aromatic N) is 2. The molecule has 0 atom stereocenters. The van der Waals surface area contributed by atoms with E-state index in [1.54, 1.807) is 0 Å². The molecule has 1 aromatic rings. The number of hydrogen-bond donors (Lipinski definition) is 2. The Hall–Kier alpha value is -1.86. The third kappa shape index (κ3) is 8.58. The second-order valence-electron chi connectivity index (χ2n) is 7.56. The van der Waals surface area contributed by atoms with Gasteiger partial charge in [-0.15, -0.1) is 4.40 Å². The van der Waals surface area contributed by atoms with Gasteiger partial charge in [0.1, 0.15) is 16.1 Å². The number of rotatable bonds is 13. The number of nitrogens with one attached hydrogen (secondary N) is 1. The van der Waals surface area contributed by atoms with Crippen LogP contribution in [0.5, 0.6) is 0 Å². The van der Waals surface area contributed by atoms with E-state index in [2.05, 4.69) is 16.0 Å². The van der Waals surface area contributed by atoms with E-state index >= 15 is 0 Å². The fourth-order valence-electron chi connectivity index (χ4n) is 2.83. The zero-order chi connectivity index (χ0) is 24.6. The van der Waals surface area contributed by atoms with E-state index in [0.29, 0.717) is 18.6 Å². The van der Waals surface area contributed by atoms with Crippen LogP contribution in [0.25, 0.3) is 0 Å². The lowest BCUT2D eigenvalue weighted by Gasteiger charge is -2.16. The van der Waals surface area contributed by atoms with Gasteiger partial charge in [-0.3, -0.25) is 0 Å². The normalized spacial score (nSPS) is 13.1. The molecule has 1 aromatic carbocycles. The smallest absolute Gasteiger partial charge is 0.398 e. The molecule has 0 aliphatic heterocycles. The van der Waals surface area contributed by atoms with Gasteiger partial charge in [0, 0.05) is 20.6 Å². The minimum Gasteiger partial charge on any atom is -0.398 e. The van der Waals surface area contributed by atoms with Crippen molar-refractivity contribution in [2.45, 2.75) is 67.8 Å². The number of nitrogens with two attached hydrogens (primary N) is 1. The van der Waals surface area contributed by atoms with Gasteiger partial charge in [-0.2, -0.15) is 21.6 Å². The number of benzene rings is 1. The molecular weight excluding hydrogens is 469 g/mol. The Balaban J connectivity index is 3.15. The predicted molar refractivity (Wildman–Crippen MR) is 118 cm³/mol. The maximum Gasteiger partial charge on any atom is 0.417 e. The molecule has 8 nitrogen and oxygen atoms in total. The molecule has 0 heterocycles. The molecule has 13 heteroatoms. The maximum absolute atomic E-state index is 13.4. The number of anilines is 1. The summed E-state index contributed by atoms with van der Waals surface area (Å²) in [6.07, 6.45) is 2.39. The Morgan fingerprint density at radius 3 is 2.09 bits per heavy atom. The van der Waals surface area contributed by atoms with Crippen LogP contribution in [0.15, 0.2) is 26.3 Å². The number of alkyl halides is 3. The van der Waals surface area contributed by atoms with Crippen LogP contribution in [0.3, 0.4) is 0 Å². The van der Waals surface area contributed by atoms with Gasteiger partial charge in [0.2, 0.25) is 10.0 Å². The van der Waals surface area contributed by atoms with Crippen molar-refractivity contribution in [3.8, 4) is 0 Å². The first-order valence-electron chi connectivity index (χ1n) is 10.2. The number of hydrogen-bond acceptors (Lipinski definition) is 5. The second-order valence-corrected chi connectivity index (χ2v) is 10.9. The summed E-state index contributed by atoms with van der Waals surface area (Å²) in [5.41, 5.74) is 3.28. The molecule has 0 fully saturated rings. The molecular formula is C19H31F3N4O4S2. The summed E-state index contributed by atoms with van der Waals surface area (Å²) in [7, 11) is -6.33. The van der Waals surface area contributed by atoms with Gasteiger partial charge >= 0.3 is 6.18 Å². The molecule has 0 radical (unpaired) electrons. The van der Waals surface area contributed by atoms with Crippen LogP contribution in [0.4, 0.5) is 18.9 Å². The van der Waals surface area contributed by atoms with Crippen molar-refractivity contribution in [1.29, 1.82) is 0 Å². The van der Waals surface area contributed by atoms with Crippen molar-refractivity contribution >= 4 is 32.1 Å². The van der Waals surface area contributed by atoms with E-state index < -0.39 is 47.3 Å². The lowest BCUT2D eigenvalue weighted by Crippen LogP contribution is -2.26. The number of unbranched alkanes of at least 4 members (excludes halogenated alkanes) is 6. The van der Waals surface area contributed by atoms with E-state index in [4.69, 9.17) is 5.73 Å². The Labute approximate surface area is 188 Å². The summed E-state index contributed by atoms with van der Waals surface area (Å²) in [4.78, 5) is -0.815. The SMILES string of the molecule is CCCCCCCCCNS(=O)(=O)c1cc(S(=O)(=O)N=CN(C)C)c(C(F)(F)F)cc1N. The molecule has 32 heavy (non-hydrogen) atoms. The zero-order valence-electron chi connectivity index (χ0n) is 18.4. The van der Waals surface area contributed by atoms with Crippen LogP contribution in [0, 0.1) is 0 Å². The molecule has 0 spiro atoms. The summed E-state index contributed by atoms with van der Waals surface area (Å²) in [6, 6.07) is 0.716. The van der Waals surface area contributed by atoms with Crippen LogP contribution in [-0.2, 0) is 26.2 Å². The first-order chi connectivity index (χ1) is 14.7. The van der Waals surface area contributed by atoms with E-state index in [9.17, 15) is 30.0 Å². The van der Waals surface area contributed by atoms with Gasteiger partial charge in [-0.05, 0) is 18.6 Å². The third-order valence-electron chi connectivity index (χ3n) is 4.47. The van der Waals surface area contributed by atoms with Crippen molar-refractivity contribution in [2.75, 3.05) is 26.4 Å². The summed E-state index contributed by atoms with van der Waals surface area (Å²) in [5, 5.41) is 0. The molecule has 3 N–H and O–H groups in total. The first kappa shape index (κ1) is 28.2. The number of nitrogen functional groups attached to an aromatic ring is 1. The molecule has 1 rings (SSSR count). The molecule has 0 unspecified atom stereocenters. The monoisotopic (exact) mass is 500 g/mol. The minimum absolute atomic E-state index is 0.0530. The van der Waals surface area contributed by atoms with Crippen LogP contribution in [-0.4, -0.2) is 48.7 Å². The lowest BCUT2D eigenvalue weighted by atomic mass is 10.1. The highest BCUT2D eigenvalue weighted by atomic mass is 32.2. The average Bonchev–Trinajstić information content (AvgIpc) is 2.67. The van der Waals surface area contributed by atoms with Gasteiger partial charge in [0.25, 0.3) is 10.0 Å². The molecule has 0 amide bonds. The molecule has 0 saturated heterocycles. The second kappa shape index (κ2) is 11.8. The largest absolute Gasteiger partial charge is 0.417 e. The molecule has 0 aliphatic carbocycles. The highest BCUT2D eigenvalue weighted by molar-refractivity contribution is 7.90. The topological polar surface area (TPSA) is 122 Å². The first-order valence-corrected chi connectivity index (χ1v) is 13.1. The fraction of sp³-hybridized carbons (Fsp3) is 0.632. The van der Waals surface area contributed by atoms with Crippen molar-refractivity contribution in [1.82, 2.24) is 9.62 Å². The van der Waals surface area contributed by atoms with Crippen molar-refractivity contribution in [3.05, 3.63) is 17.7 Å². The number of halogens is 3. The summed E-state index contributed by atoms with van der Waals surface area (Å²) >= 11 is 0. The average molecular weight is 501 g/mol. The van der Waals surface area contributed by atoms with Crippen LogP contribution in [0.1, 0.15) is 57.4 Å². The lowest BCUT2D eigenvalue weighted by molar-refractivity contribution is -0.139. The molecule has 184 valence electrons. The Morgan fingerprint density at radius 2 is 1.56 bits per heavy atom. The highest BCUT2D eigenvalue weighted by Crippen LogP contribution is 2.38. The molecule has 0 saturated carbocycles. The van der Waals surface area contributed by atoms with Gasteiger partial charge in [-0.1, -0.05) is 45.4 Å². The standard InChI is InChI=1S/C19H31F3N4O4S2/c1-4-5-6-7-8-9-10-11-24-32(29,30)18-13-17(31(27,28)25-14-26(2)3)15(12-16(18)23)19(20,21)22/h12-14,24H,4-11,23H2,1-3H3. The minimum atomic E-state index is -5.09. The van der Waals surface area contributed by atoms with E-state index in [1.807, 2.05) is 0 Å². The zero-order valence-corrected chi connectivity index (χ0v) is 20.1. The Bertz CT molecular complexity index is 993. The van der Waals surface area contributed by atoms with Gasteiger partial charge in [-0.25, -0.2) is 13.1 Å². The fourth-order valence-corrected chi connectivity index (χ4v) is 5.26. The van der Waals surface area contributed by atoms with Gasteiger partial charge < -0.3 is 10.6 Å².